The molecule has 0 radical (unpaired) electrons. The molecule has 0 amide bonds. The average molecular weight is 435 g/mol. The zero-order chi connectivity index (χ0) is 21.2. The Bertz CT molecular complexity index is 998. The first-order valence-electron chi connectivity index (χ1n) is 8.29. The first kappa shape index (κ1) is 20.7. The molecule has 1 aliphatic rings. The number of ether oxygens (including phenoxy) is 2. The smallest absolute Gasteiger partial charge is 0.350 e. The summed E-state index contributed by atoms with van der Waals surface area (Å²) in [7, 11) is 0. The van der Waals surface area contributed by atoms with Gasteiger partial charge in [-0.05, 0) is 30.3 Å². The van der Waals surface area contributed by atoms with Crippen LogP contribution in [0.4, 0.5) is 11.4 Å². The second-order valence-electron chi connectivity index (χ2n) is 6.41. The van der Waals surface area contributed by atoms with Crippen molar-refractivity contribution < 1.29 is 24.0 Å². The number of anilines is 1. The van der Waals surface area contributed by atoms with Crippen molar-refractivity contribution in [1.29, 1.82) is 0 Å². The minimum absolute atomic E-state index is 0.153. The van der Waals surface area contributed by atoms with Gasteiger partial charge in [-0.25, -0.2) is 9.59 Å². The summed E-state index contributed by atoms with van der Waals surface area (Å²) in [5.74, 6) is -3.04. The molecule has 3 rings (SSSR count). The number of nitro groups is 1. The van der Waals surface area contributed by atoms with Gasteiger partial charge in [0, 0.05) is 52.7 Å². The van der Waals surface area contributed by atoms with E-state index in [0.29, 0.717) is 15.6 Å². The van der Waals surface area contributed by atoms with Crippen molar-refractivity contribution in [1.82, 2.24) is 0 Å². The number of nitrogens with one attached hydrogen (secondary N) is 1. The van der Waals surface area contributed by atoms with Gasteiger partial charge in [-0.15, -0.1) is 0 Å². The Morgan fingerprint density at radius 1 is 1.07 bits per heavy atom. The molecule has 0 atom stereocenters. The third-order valence-corrected chi connectivity index (χ3v) is 4.88. The van der Waals surface area contributed by atoms with E-state index in [9.17, 15) is 19.7 Å². The lowest BCUT2D eigenvalue weighted by Gasteiger charge is -2.29. The minimum atomic E-state index is -1.35. The molecule has 2 aromatic carbocycles. The molecule has 0 saturated carbocycles. The number of nitro benzene ring substituents is 1. The molecule has 10 heteroatoms. The van der Waals surface area contributed by atoms with Gasteiger partial charge in [-0.1, -0.05) is 23.4 Å². The van der Waals surface area contributed by atoms with Gasteiger partial charge in [0.05, 0.1) is 4.92 Å². The Kier molecular flexibility index (Phi) is 5.81. The number of esters is 2. The molecule has 8 nitrogen and oxygen atoms in total. The molecule has 0 aliphatic carbocycles. The van der Waals surface area contributed by atoms with Crippen LogP contribution in [0.2, 0.25) is 5.02 Å². The maximum atomic E-state index is 12.0. The molecular formula is C19H15ClN2O6S. The molecule has 150 valence electrons. The van der Waals surface area contributed by atoms with Crippen LogP contribution in [0.1, 0.15) is 13.8 Å². The summed E-state index contributed by atoms with van der Waals surface area (Å²) in [5.41, 5.74) is -0.184. The second kappa shape index (κ2) is 8.14. The summed E-state index contributed by atoms with van der Waals surface area (Å²) in [6, 6.07) is 11.4. The van der Waals surface area contributed by atoms with E-state index in [0.717, 1.165) is 11.1 Å². The number of hydrogen-bond acceptors (Lipinski definition) is 8. The van der Waals surface area contributed by atoms with Crippen LogP contribution in [0.3, 0.4) is 0 Å². The van der Waals surface area contributed by atoms with Gasteiger partial charge in [0.15, 0.2) is 5.57 Å². The third-order valence-electron chi connectivity index (χ3n) is 3.65. The summed E-state index contributed by atoms with van der Waals surface area (Å²) in [6.07, 6.45) is 1.11. The van der Waals surface area contributed by atoms with Gasteiger partial charge < -0.3 is 14.8 Å². The number of benzene rings is 2. The van der Waals surface area contributed by atoms with Crippen molar-refractivity contribution >= 4 is 46.7 Å². The van der Waals surface area contributed by atoms with E-state index in [-0.39, 0.29) is 11.3 Å². The molecule has 0 bridgehead atoms. The number of cyclic esters (lactones) is 2. The molecule has 1 aliphatic heterocycles. The summed E-state index contributed by atoms with van der Waals surface area (Å²) in [4.78, 5) is 36.2. The van der Waals surface area contributed by atoms with Gasteiger partial charge in [0.2, 0.25) is 0 Å². The Morgan fingerprint density at radius 2 is 1.69 bits per heavy atom. The van der Waals surface area contributed by atoms with Crippen LogP contribution in [0.5, 0.6) is 0 Å². The van der Waals surface area contributed by atoms with Gasteiger partial charge in [-0.2, -0.15) is 0 Å². The van der Waals surface area contributed by atoms with E-state index in [1.165, 1.54) is 37.7 Å². The Hall–Kier alpha value is -3.04. The number of carbonyl (C=O) groups excluding carboxylic acids is 2. The van der Waals surface area contributed by atoms with Crippen molar-refractivity contribution in [2.45, 2.75) is 29.4 Å². The molecule has 0 unspecified atom stereocenters. The van der Waals surface area contributed by atoms with Crippen LogP contribution < -0.4 is 5.32 Å². The fraction of sp³-hybridized carbons (Fsp3) is 0.158. The molecular weight excluding hydrogens is 420 g/mol. The average Bonchev–Trinajstić information content (AvgIpc) is 2.62. The van der Waals surface area contributed by atoms with E-state index in [4.69, 9.17) is 21.1 Å². The van der Waals surface area contributed by atoms with Crippen molar-refractivity contribution in [2.75, 3.05) is 5.32 Å². The number of hydrogen-bond donors (Lipinski definition) is 1. The van der Waals surface area contributed by atoms with Gasteiger partial charge in [-0.3, -0.25) is 10.1 Å². The highest BCUT2D eigenvalue weighted by molar-refractivity contribution is 7.99. The molecule has 29 heavy (non-hydrogen) atoms. The highest BCUT2D eigenvalue weighted by Gasteiger charge is 2.38. The van der Waals surface area contributed by atoms with Crippen LogP contribution in [-0.2, 0) is 19.1 Å². The zero-order valence-electron chi connectivity index (χ0n) is 15.3. The SMILES string of the molecule is CC1(C)OC(=O)C(=CNc2cc(Sc3ccc(Cl)cc3)cc([N+](=O)[O-])c2)C(=O)O1. The standard InChI is InChI=1S/C19H15ClN2O6S/c1-19(2)27-17(23)16(18(24)28-19)10-21-12-7-13(22(25)26)9-15(8-12)29-14-5-3-11(20)4-6-14/h3-10,21H,1-2H3. The number of rotatable bonds is 5. The Labute approximate surface area is 175 Å². The largest absolute Gasteiger partial charge is 0.419 e. The minimum Gasteiger partial charge on any atom is -0.419 e. The topological polar surface area (TPSA) is 108 Å². The van der Waals surface area contributed by atoms with Crippen molar-refractivity contribution in [2.24, 2.45) is 0 Å². The number of halogens is 1. The van der Waals surface area contributed by atoms with E-state index < -0.39 is 22.6 Å². The van der Waals surface area contributed by atoms with Gasteiger partial charge >= 0.3 is 11.9 Å². The van der Waals surface area contributed by atoms with E-state index >= 15 is 0 Å². The Morgan fingerprint density at radius 3 is 2.28 bits per heavy atom. The lowest BCUT2D eigenvalue weighted by atomic mass is 10.2. The first-order chi connectivity index (χ1) is 13.6. The van der Waals surface area contributed by atoms with Crippen LogP contribution in [0.15, 0.2) is 64.0 Å². The third kappa shape index (κ3) is 5.27. The molecule has 1 fully saturated rings. The summed E-state index contributed by atoms with van der Waals surface area (Å²) < 4.78 is 10.0. The van der Waals surface area contributed by atoms with E-state index in [2.05, 4.69) is 5.32 Å². The highest BCUT2D eigenvalue weighted by Crippen LogP contribution is 2.33. The van der Waals surface area contributed by atoms with Crippen LogP contribution in [0.25, 0.3) is 0 Å². The summed E-state index contributed by atoms with van der Waals surface area (Å²) in [6.45, 7) is 2.88. The van der Waals surface area contributed by atoms with Gasteiger partial charge in [0.25, 0.3) is 11.5 Å². The molecule has 0 aromatic heterocycles. The number of non-ortho nitro benzene ring substituents is 1. The first-order valence-corrected chi connectivity index (χ1v) is 9.49. The predicted octanol–water partition coefficient (Wildman–Crippen LogP) is 4.53. The molecule has 1 saturated heterocycles. The van der Waals surface area contributed by atoms with Crippen LogP contribution >= 0.6 is 23.4 Å². The molecule has 0 spiro atoms. The fourth-order valence-corrected chi connectivity index (χ4v) is 3.44. The number of carbonyl (C=O) groups is 2. The number of nitrogens with zero attached hydrogens (tertiary/aromatic N) is 1. The normalized spacial score (nSPS) is 15.3. The lowest BCUT2D eigenvalue weighted by molar-refractivity contribution is -0.385. The second-order valence-corrected chi connectivity index (χ2v) is 7.99. The molecule has 2 aromatic rings. The summed E-state index contributed by atoms with van der Waals surface area (Å²) >= 11 is 7.17. The van der Waals surface area contributed by atoms with Crippen LogP contribution in [-0.4, -0.2) is 22.6 Å². The highest BCUT2D eigenvalue weighted by atomic mass is 35.5. The lowest BCUT2D eigenvalue weighted by Crippen LogP contribution is -2.42. The van der Waals surface area contributed by atoms with Crippen molar-refractivity contribution in [3.05, 3.63) is 69.4 Å². The van der Waals surface area contributed by atoms with Crippen LogP contribution in [0, 0.1) is 10.1 Å². The van der Waals surface area contributed by atoms with E-state index in [1.54, 1.807) is 30.3 Å². The molecule has 1 heterocycles. The Balaban J connectivity index is 1.86. The predicted molar refractivity (Wildman–Crippen MR) is 107 cm³/mol. The van der Waals surface area contributed by atoms with Gasteiger partial charge in [0.1, 0.15) is 0 Å². The fourth-order valence-electron chi connectivity index (χ4n) is 2.40. The quantitative estimate of drug-likeness (QED) is 0.240. The maximum absolute atomic E-state index is 12.0. The van der Waals surface area contributed by atoms with Crippen molar-refractivity contribution in [3.63, 3.8) is 0 Å². The van der Waals surface area contributed by atoms with Crippen molar-refractivity contribution in [3.8, 4) is 0 Å². The monoisotopic (exact) mass is 434 g/mol. The maximum Gasteiger partial charge on any atom is 0.350 e. The zero-order valence-corrected chi connectivity index (χ0v) is 16.9. The van der Waals surface area contributed by atoms with E-state index in [1.807, 2.05) is 0 Å². The summed E-state index contributed by atoms with van der Waals surface area (Å²) in [5, 5.41) is 14.6. The molecule has 1 N–H and O–H groups in total.